The highest BCUT2D eigenvalue weighted by Gasteiger charge is 2.29. The maximum Gasteiger partial charge on any atom is 0.254 e. The van der Waals surface area contributed by atoms with Gasteiger partial charge >= 0.3 is 0 Å². The molecule has 3 aromatic rings. The lowest BCUT2D eigenvalue weighted by Crippen LogP contribution is -2.50. The molecule has 0 atom stereocenters. The van der Waals surface area contributed by atoms with Crippen molar-refractivity contribution in [3.63, 3.8) is 0 Å². The van der Waals surface area contributed by atoms with Crippen molar-refractivity contribution < 1.29 is 14.3 Å². The average Bonchev–Trinajstić information content (AvgIpc) is 3.05. The molecule has 1 saturated heterocycles. The SMILES string of the molecule is COc1cccc2c1Oc1ccccc1N=C2N1CCN(C(=O)c2cccc(C#N)c2)CC1. The molecule has 3 aromatic carbocycles. The predicted octanol–water partition coefficient (Wildman–Crippen LogP) is 4.21. The van der Waals surface area contributed by atoms with Crippen LogP contribution < -0.4 is 9.47 Å². The van der Waals surface area contributed by atoms with Crippen LogP contribution >= 0.6 is 0 Å². The van der Waals surface area contributed by atoms with E-state index in [-0.39, 0.29) is 5.91 Å². The van der Waals surface area contributed by atoms with E-state index in [9.17, 15) is 4.79 Å². The molecule has 0 aromatic heterocycles. The van der Waals surface area contributed by atoms with Crippen molar-refractivity contribution in [2.45, 2.75) is 0 Å². The number of methoxy groups -OCH3 is 1. The number of rotatable bonds is 2. The van der Waals surface area contributed by atoms with Crippen molar-refractivity contribution in [3.8, 4) is 23.3 Å². The lowest BCUT2D eigenvalue weighted by Gasteiger charge is -2.36. The Bertz CT molecular complexity index is 1290. The normalized spacial score (nSPS) is 14.7. The molecule has 164 valence electrons. The molecule has 0 aliphatic carbocycles. The highest BCUT2D eigenvalue weighted by Crippen LogP contribution is 2.42. The van der Waals surface area contributed by atoms with E-state index in [0.717, 1.165) is 17.1 Å². The van der Waals surface area contributed by atoms with Crippen molar-refractivity contribution in [2.75, 3.05) is 33.3 Å². The molecule has 2 heterocycles. The number of fused-ring (bicyclic) bond motifs is 2. The number of benzene rings is 3. The first kappa shape index (κ1) is 20.6. The van der Waals surface area contributed by atoms with Crippen molar-refractivity contribution in [1.29, 1.82) is 5.26 Å². The van der Waals surface area contributed by atoms with Crippen molar-refractivity contribution in [2.24, 2.45) is 4.99 Å². The summed E-state index contributed by atoms with van der Waals surface area (Å²) in [5.74, 6) is 2.68. The van der Waals surface area contributed by atoms with Gasteiger partial charge in [0.25, 0.3) is 5.91 Å². The van der Waals surface area contributed by atoms with Gasteiger partial charge < -0.3 is 19.3 Å². The number of carbonyl (C=O) groups excluding carboxylic acids is 1. The standard InChI is InChI=1S/C26H22N4O3/c1-32-23-11-5-8-20-24(23)33-22-10-3-2-9-21(22)28-25(20)29-12-14-30(15-13-29)26(31)19-7-4-6-18(16-19)17-27/h2-11,16H,12-15H2,1H3. The molecule has 0 saturated carbocycles. The quantitative estimate of drug-likeness (QED) is 0.599. The smallest absolute Gasteiger partial charge is 0.254 e. The number of hydrogen-bond acceptors (Lipinski definition) is 6. The summed E-state index contributed by atoms with van der Waals surface area (Å²) in [5, 5.41) is 9.13. The average molecular weight is 438 g/mol. The molecule has 0 spiro atoms. The molecule has 5 rings (SSSR count). The molecule has 1 amide bonds. The van der Waals surface area contributed by atoms with Crippen LogP contribution in [0.4, 0.5) is 5.69 Å². The zero-order valence-electron chi connectivity index (χ0n) is 18.2. The fourth-order valence-electron chi connectivity index (χ4n) is 4.14. The molecule has 2 aliphatic heterocycles. The Morgan fingerprint density at radius 3 is 2.61 bits per heavy atom. The summed E-state index contributed by atoms with van der Waals surface area (Å²) < 4.78 is 11.8. The molecule has 1 fully saturated rings. The molecular formula is C26H22N4O3. The number of carbonyl (C=O) groups is 1. The molecule has 33 heavy (non-hydrogen) atoms. The molecule has 0 bridgehead atoms. The van der Waals surface area contributed by atoms with Crippen LogP contribution in [0.5, 0.6) is 17.2 Å². The number of amidine groups is 1. The van der Waals surface area contributed by atoms with E-state index in [2.05, 4.69) is 11.0 Å². The number of ether oxygens (including phenoxy) is 2. The monoisotopic (exact) mass is 438 g/mol. The van der Waals surface area contributed by atoms with Gasteiger partial charge in [-0.2, -0.15) is 5.26 Å². The minimum Gasteiger partial charge on any atom is -0.493 e. The lowest BCUT2D eigenvalue weighted by molar-refractivity contribution is 0.0692. The first-order chi connectivity index (χ1) is 16.2. The van der Waals surface area contributed by atoms with Crippen LogP contribution in [0.3, 0.4) is 0 Å². The fraction of sp³-hybridized carbons (Fsp3) is 0.192. The fourth-order valence-corrected chi connectivity index (χ4v) is 4.14. The van der Waals surface area contributed by atoms with E-state index < -0.39 is 0 Å². The van der Waals surface area contributed by atoms with E-state index in [1.807, 2.05) is 47.4 Å². The number of nitrogens with zero attached hydrogens (tertiary/aromatic N) is 4. The zero-order chi connectivity index (χ0) is 22.8. The summed E-state index contributed by atoms with van der Waals surface area (Å²) in [4.78, 5) is 21.9. The van der Waals surface area contributed by atoms with Crippen LogP contribution in [0.15, 0.2) is 71.7 Å². The minimum absolute atomic E-state index is 0.0645. The molecule has 0 N–H and O–H groups in total. The van der Waals surface area contributed by atoms with Gasteiger partial charge in [0, 0.05) is 31.7 Å². The number of nitriles is 1. The molecular weight excluding hydrogens is 416 g/mol. The zero-order valence-corrected chi connectivity index (χ0v) is 18.2. The molecule has 2 aliphatic rings. The summed E-state index contributed by atoms with van der Waals surface area (Å²) in [6.07, 6.45) is 0. The Morgan fingerprint density at radius 1 is 1.03 bits per heavy atom. The van der Waals surface area contributed by atoms with E-state index >= 15 is 0 Å². The van der Waals surface area contributed by atoms with Crippen molar-refractivity contribution in [3.05, 3.63) is 83.4 Å². The van der Waals surface area contributed by atoms with Gasteiger partial charge in [-0.25, -0.2) is 4.99 Å². The largest absolute Gasteiger partial charge is 0.493 e. The van der Waals surface area contributed by atoms with Crippen LogP contribution in [-0.2, 0) is 0 Å². The third-order valence-electron chi connectivity index (χ3n) is 5.85. The molecule has 0 radical (unpaired) electrons. The Hall–Kier alpha value is -4.31. The summed E-state index contributed by atoms with van der Waals surface area (Å²) in [7, 11) is 1.62. The summed E-state index contributed by atoms with van der Waals surface area (Å²) in [6.45, 7) is 2.36. The Morgan fingerprint density at radius 2 is 1.82 bits per heavy atom. The Kier molecular flexibility index (Phi) is 5.41. The van der Waals surface area contributed by atoms with Crippen molar-refractivity contribution >= 4 is 17.4 Å². The molecule has 7 nitrogen and oxygen atoms in total. The van der Waals surface area contributed by atoms with Crippen LogP contribution in [0.25, 0.3) is 0 Å². The van der Waals surface area contributed by atoms with Crippen LogP contribution in [0, 0.1) is 11.3 Å². The number of para-hydroxylation sites is 3. The van der Waals surface area contributed by atoms with Gasteiger partial charge in [0.15, 0.2) is 17.2 Å². The second-order valence-corrected chi connectivity index (χ2v) is 7.81. The topological polar surface area (TPSA) is 78.2 Å². The highest BCUT2D eigenvalue weighted by molar-refractivity contribution is 6.04. The van der Waals surface area contributed by atoms with E-state index in [0.29, 0.717) is 54.6 Å². The predicted molar refractivity (Wildman–Crippen MR) is 124 cm³/mol. The van der Waals surface area contributed by atoms with E-state index in [4.69, 9.17) is 19.7 Å². The summed E-state index contributed by atoms with van der Waals surface area (Å²) >= 11 is 0. The third kappa shape index (κ3) is 3.87. The number of amides is 1. The summed E-state index contributed by atoms with van der Waals surface area (Å²) in [5.41, 5.74) is 2.62. The van der Waals surface area contributed by atoms with Crippen LogP contribution in [0.2, 0.25) is 0 Å². The minimum atomic E-state index is -0.0645. The van der Waals surface area contributed by atoms with Gasteiger partial charge in [-0.05, 0) is 42.5 Å². The molecule has 7 heteroatoms. The Labute approximate surface area is 192 Å². The van der Waals surface area contributed by atoms with Gasteiger partial charge in [0.1, 0.15) is 11.5 Å². The first-order valence-electron chi connectivity index (χ1n) is 10.8. The van der Waals surface area contributed by atoms with Gasteiger partial charge in [0.05, 0.1) is 24.3 Å². The number of piperazine rings is 1. The molecule has 0 unspecified atom stereocenters. The highest BCUT2D eigenvalue weighted by atomic mass is 16.5. The van der Waals surface area contributed by atoms with Crippen LogP contribution in [-0.4, -0.2) is 54.8 Å². The van der Waals surface area contributed by atoms with E-state index in [1.165, 1.54) is 0 Å². The van der Waals surface area contributed by atoms with Gasteiger partial charge in [-0.1, -0.05) is 24.3 Å². The second kappa shape index (κ2) is 8.67. The van der Waals surface area contributed by atoms with E-state index in [1.54, 1.807) is 31.4 Å². The Balaban J connectivity index is 1.43. The van der Waals surface area contributed by atoms with Crippen LogP contribution in [0.1, 0.15) is 21.5 Å². The second-order valence-electron chi connectivity index (χ2n) is 7.81. The number of hydrogen-bond donors (Lipinski definition) is 0. The van der Waals surface area contributed by atoms with Gasteiger partial charge in [-0.15, -0.1) is 0 Å². The summed E-state index contributed by atoms with van der Waals surface area (Å²) in [6, 6.07) is 22.4. The van der Waals surface area contributed by atoms with Gasteiger partial charge in [-0.3, -0.25) is 4.79 Å². The number of aliphatic imine (C=N–C) groups is 1. The first-order valence-corrected chi connectivity index (χ1v) is 10.8. The van der Waals surface area contributed by atoms with Gasteiger partial charge in [0.2, 0.25) is 0 Å². The lowest BCUT2D eigenvalue weighted by atomic mass is 10.1. The maximum atomic E-state index is 13.0. The van der Waals surface area contributed by atoms with Crippen molar-refractivity contribution in [1.82, 2.24) is 9.80 Å². The third-order valence-corrected chi connectivity index (χ3v) is 5.85. The maximum absolute atomic E-state index is 13.0.